The van der Waals surface area contributed by atoms with Crippen molar-refractivity contribution >= 4 is 5.91 Å². The van der Waals surface area contributed by atoms with E-state index < -0.39 is 0 Å². The van der Waals surface area contributed by atoms with E-state index >= 15 is 0 Å². The van der Waals surface area contributed by atoms with Gasteiger partial charge >= 0.3 is 0 Å². The molecule has 3 rings (SSSR count). The molecule has 6 heteroatoms. The number of hydrogen-bond acceptors (Lipinski definition) is 4. The first kappa shape index (κ1) is 14.5. The SMILES string of the molecule is Cc1cn(C)nc1CN1CCCC(N2CCNCC2=O)C1. The molecule has 1 unspecified atom stereocenters. The van der Waals surface area contributed by atoms with Crippen LogP contribution in [0.4, 0.5) is 0 Å². The van der Waals surface area contributed by atoms with E-state index in [0.29, 0.717) is 12.6 Å². The fourth-order valence-corrected chi connectivity index (χ4v) is 3.46. The lowest BCUT2D eigenvalue weighted by Gasteiger charge is -2.41. The minimum Gasteiger partial charge on any atom is -0.336 e. The maximum absolute atomic E-state index is 12.0. The molecule has 1 N–H and O–H groups in total. The normalized spacial score (nSPS) is 24.6. The van der Waals surface area contributed by atoms with Crippen LogP contribution in [-0.4, -0.2) is 64.3 Å². The minimum absolute atomic E-state index is 0.252. The number of hydrogen-bond donors (Lipinski definition) is 1. The number of carbonyl (C=O) groups excluding carboxylic acids is 1. The Balaban J connectivity index is 1.62. The number of amides is 1. The highest BCUT2D eigenvalue weighted by molar-refractivity contribution is 5.79. The van der Waals surface area contributed by atoms with E-state index in [1.807, 2.05) is 11.7 Å². The van der Waals surface area contributed by atoms with Crippen molar-refractivity contribution < 1.29 is 4.79 Å². The first-order chi connectivity index (χ1) is 10.1. The molecule has 2 fully saturated rings. The second kappa shape index (κ2) is 6.15. The Hall–Kier alpha value is -1.40. The Kier molecular flexibility index (Phi) is 4.26. The highest BCUT2D eigenvalue weighted by Crippen LogP contribution is 2.19. The number of aryl methyl sites for hydroxylation is 2. The lowest BCUT2D eigenvalue weighted by molar-refractivity contribution is -0.135. The summed E-state index contributed by atoms with van der Waals surface area (Å²) in [5.74, 6) is 0.252. The summed E-state index contributed by atoms with van der Waals surface area (Å²) in [6.07, 6.45) is 4.35. The first-order valence-electron chi connectivity index (χ1n) is 7.85. The summed E-state index contributed by atoms with van der Waals surface area (Å²) in [7, 11) is 1.97. The maximum atomic E-state index is 12.0. The van der Waals surface area contributed by atoms with Crippen LogP contribution < -0.4 is 5.32 Å². The van der Waals surface area contributed by atoms with Gasteiger partial charge in [0.15, 0.2) is 0 Å². The number of nitrogens with zero attached hydrogens (tertiary/aromatic N) is 4. The molecule has 0 bridgehead atoms. The molecule has 2 aliphatic heterocycles. The van der Waals surface area contributed by atoms with Gasteiger partial charge in [-0.1, -0.05) is 0 Å². The van der Waals surface area contributed by atoms with E-state index in [-0.39, 0.29) is 5.91 Å². The van der Waals surface area contributed by atoms with Gasteiger partial charge in [0.2, 0.25) is 5.91 Å². The van der Waals surface area contributed by atoms with Crippen molar-refractivity contribution in [3.05, 3.63) is 17.5 Å². The van der Waals surface area contributed by atoms with Crippen LogP contribution in [0.2, 0.25) is 0 Å². The number of nitrogens with one attached hydrogen (secondary N) is 1. The van der Waals surface area contributed by atoms with Crippen LogP contribution in [0.15, 0.2) is 6.20 Å². The van der Waals surface area contributed by atoms with Crippen molar-refractivity contribution in [2.75, 3.05) is 32.7 Å². The van der Waals surface area contributed by atoms with Gasteiger partial charge in [0.1, 0.15) is 0 Å². The zero-order chi connectivity index (χ0) is 14.8. The molecule has 116 valence electrons. The molecule has 1 aromatic rings. The average Bonchev–Trinajstić information content (AvgIpc) is 2.78. The van der Waals surface area contributed by atoms with Gasteiger partial charge in [-0.25, -0.2) is 0 Å². The van der Waals surface area contributed by atoms with Crippen molar-refractivity contribution in [2.45, 2.75) is 32.4 Å². The molecule has 0 spiro atoms. The van der Waals surface area contributed by atoms with Crippen LogP contribution in [0.1, 0.15) is 24.1 Å². The number of likely N-dealkylation sites (tertiary alicyclic amines) is 1. The third-order valence-corrected chi connectivity index (χ3v) is 4.53. The number of piperazine rings is 1. The molecule has 0 aliphatic carbocycles. The smallest absolute Gasteiger partial charge is 0.236 e. The molecule has 1 amide bonds. The lowest BCUT2D eigenvalue weighted by atomic mass is 10.0. The quantitative estimate of drug-likeness (QED) is 0.860. The van der Waals surface area contributed by atoms with Gasteiger partial charge in [-0.3, -0.25) is 14.4 Å². The van der Waals surface area contributed by atoms with Crippen LogP contribution in [0, 0.1) is 6.92 Å². The molecule has 0 saturated carbocycles. The molecule has 1 atom stereocenters. The lowest BCUT2D eigenvalue weighted by Crippen LogP contribution is -2.56. The summed E-state index contributed by atoms with van der Waals surface area (Å²) in [6, 6.07) is 0.373. The molecule has 21 heavy (non-hydrogen) atoms. The fraction of sp³-hybridized carbons (Fsp3) is 0.733. The van der Waals surface area contributed by atoms with Crippen molar-refractivity contribution in [2.24, 2.45) is 7.05 Å². The van der Waals surface area contributed by atoms with Crippen LogP contribution in [0.3, 0.4) is 0 Å². The molecule has 2 aliphatic rings. The Labute approximate surface area is 126 Å². The largest absolute Gasteiger partial charge is 0.336 e. The van der Waals surface area contributed by atoms with Gasteiger partial charge in [-0.15, -0.1) is 0 Å². The van der Waals surface area contributed by atoms with Gasteiger partial charge < -0.3 is 10.2 Å². The molecule has 3 heterocycles. The van der Waals surface area contributed by atoms with E-state index in [1.165, 1.54) is 5.56 Å². The summed E-state index contributed by atoms with van der Waals surface area (Å²) in [6.45, 7) is 7.35. The molecular weight excluding hydrogens is 266 g/mol. The highest BCUT2D eigenvalue weighted by atomic mass is 16.2. The molecule has 2 saturated heterocycles. The summed E-state index contributed by atoms with van der Waals surface area (Å²) in [5, 5.41) is 7.69. The number of piperidine rings is 1. The van der Waals surface area contributed by atoms with E-state index in [0.717, 1.165) is 51.3 Å². The Morgan fingerprint density at radius 1 is 1.43 bits per heavy atom. The van der Waals surface area contributed by atoms with E-state index in [4.69, 9.17) is 0 Å². The second-order valence-electron chi connectivity index (χ2n) is 6.23. The van der Waals surface area contributed by atoms with E-state index in [1.54, 1.807) is 0 Å². The Morgan fingerprint density at radius 2 is 2.29 bits per heavy atom. The van der Waals surface area contributed by atoms with Crippen molar-refractivity contribution in [3.8, 4) is 0 Å². The third-order valence-electron chi connectivity index (χ3n) is 4.53. The van der Waals surface area contributed by atoms with E-state index in [2.05, 4.69) is 33.3 Å². The summed E-state index contributed by atoms with van der Waals surface area (Å²) in [5.41, 5.74) is 2.41. The van der Waals surface area contributed by atoms with Crippen molar-refractivity contribution in [1.82, 2.24) is 24.9 Å². The van der Waals surface area contributed by atoms with Crippen LogP contribution in [0.25, 0.3) is 0 Å². The highest BCUT2D eigenvalue weighted by Gasteiger charge is 2.30. The molecule has 6 nitrogen and oxygen atoms in total. The van der Waals surface area contributed by atoms with Crippen LogP contribution in [0.5, 0.6) is 0 Å². The average molecular weight is 291 g/mol. The monoisotopic (exact) mass is 291 g/mol. The van der Waals surface area contributed by atoms with E-state index in [9.17, 15) is 4.79 Å². The zero-order valence-corrected chi connectivity index (χ0v) is 13.0. The van der Waals surface area contributed by atoms with Gasteiger partial charge in [-0.2, -0.15) is 5.10 Å². The van der Waals surface area contributed by atoms with Gasteiger partial charge in [0.25, 0.3) is 0 Å². The molecule has 1 aromatic heterocycles. The minimum atomic E-state index is 0.252. The third kappa shape index (κ3) is 3.27. The topological polar surface area (TPSA) is 53.4 Å². The molecule has 0 aromatic carbocycles. The molecule has 0 radical (unpaired) electrons. The summed E-state index contributed by atoms with van der Waals surface area (Å²) < 4.78 is 1.88. The predicted octanol–water partition coefficient (Wildman–Crippen LogP) is 0.125. The summed E-state index contributed by atoms with van der Waals surface area (Å²) >= 11 is 0. The Bertz CT molecular complexity index is 512. The number of rotatable bonds is 3. The zero-order valence-electron chi connectivity index (χ0n) is 13.0. The van der Waals surface area contributed by atoms with Gasteiger partial charge in [0, 0.05) is 45.5 Å². The number of aromatic nitrogens is 2. The Morgan fingerprint density at radius 3 is 3.00 bits per heavy atom. The standard InChI is InChI=1S/C15H25N5O/c1-12-9-18(2)17-14(12)11-19-6-3-4-13(10-19)20-7-5-16-8-15(20)21/h9,13,16H,3-8,10-11H2,1-2H3. The van der Waals surface area contributed by atoms with Gasteiger partial charge in [-0.05, 0) is 31.9 Å². The van der Waals surface area contributed by atoms with Crippen LogP contribution in [-0.2, 0) is 18.4 Å². The van der Waals surface area contributed by atoms with Crippen molar-refractivity contribution in [1.29, 1.82) is 0 Å². The predicted molar refractivity (Wildman–Crippen MR) is 80.8 cm³/mol. The maximum Gasteiger partial charge on any atom is 0.236 e. The first-order valence-corrected chi connectivity index (χ1v) is 7.85. The number of carbonyl (C=O) groups is 1. The fourth-order valence-electron chi connectivity index (χ4n) is 3.46. The van der Waals surface area contributed by atoms with Crippen molar-refractivity contribution in [3.63, 3.8) is 0 Å². The summed E-state index contributed by atoms with van der Waals surface area (Å²) in [4.78, 5) is 16.6. The second-order valence-corrected chi connectivity index (χ2v) is 6.23. The molecular formula is C15H25N5O. The van der Waals surface area contributed by atoms with Crippen LogP contribution >= 0.6 is 0 Å². The van der Waals surface area contributed by atoms with Gasteiger partial charge in [0.05, 0.1) is 12.2 Å².